The summed E-state index contributed by atoms with van der Waals surface area (Å²) in [6.07, 6.45) is 4.11. The van der Waals surface area contributed by atoms with Crippen molar-refractivity contribution in [2.24, 2.45) is 4.99 Å². The van der Waals surface area contributed by atoms with E-state index < -0.39 is 0 Å². The fourth-order valence-corrected chi connectivity index (χ4v) is 9.74. The number of rotatable bonds is 8. The number of hydrogen-bond donors (Lipinski definition) is 1. The van der Waals surface area contributed by atoms with Crippen molar-refractivity contribution in [2.75, 3.05) is 0 Å². The van der Waals surface area contributed by atoms with Gasteiger partial charge in [-0.2, -0.15) is 0 Å². The third-order valence-electron chi connectivity index (χ3n) is 13.1. The summed E-state index contributed by atoms with van der Waals surface area (Å²) in [5.74, 6) is 0.215. The number of allylic oxidation sites excluding steroid dienone is 1. The third-order valence-corrected chi connectivity index (χ3v) is 13.1. The number of aliphatic imine (C=N–C) groups is 1. The monoisotopic (exact) mass is 853 g/mol. The molecule has 0 aliphatic rings. The van der Waals surface area contributed by atoms with E-state index in [4.69, 9.17) is 10.4 Å². The van der Waals surface area contributed by atoms with E-state index in [2.05, 4.69) is 223 Å². The highest BCUT2D eigenvalue weighted by Gasteiger charge is 2.15. The second kappa shape index (κ2) is 16.9. The summed E-state index contributed by atoms with van der Waals surface area (Å²) in [6, 6.07) is 86.1. The van der Waals surface area contributed by atoms with Crippen molar-refractivity contribution in [3.63, 3.8) is 0 Å². The lowest BCUT2D eigenvalue weighted by atomic mass is 9.89. The van der Waals surface area contributed by atoms with Crippen LogP contribution >= 0.6 is 0 Å². The molecule has 0 spiro atoms. The van der Waals surface area contributed by atoms with Crippen LogP contribution in [0.5, 0.6) is 0 Å². The minimum Gasteiger partial charge on any atom is -0.309 e. The summed E-state index contributed by atoms with van der Waals surface area (Å²) in [6.45, 7) is 0. The van der Waals surface area contributed by atoms with Crippen LogP contribution in [0.1, 0.15) is 16.7 Å². The Morgan fingerprint density at radius 3 is 1.69 bits per heavy atom. The first-order valence-electron chi connectivity index (χ1n) is 22.8. The highest BCUT2D eigenvalue weighted by molar-refractivity contribution is 6.20. The van der Waals surface area contributed by atoms with Gasteiger partial charge in [-0.05, 0) is 108 Å². The smallest absolute Gasteiger partial charge is 0.152 e. The number of benzene rings is 11. The molecule has 1 heterocycles. The molecule has 0 saturated heterocycles. The molecule has 0 aliphatic carbocycles. The van der Waals surface area contributed by atoms with Gasteiger partial charge in [0.2, 0.25) is 0 Å². The predicted octanol–water partition coefficient (Wildman–Crippen LogP) is 16.8. The number of nitrogens with zero attached hydrogens (tertiary/aromatic N) is 2. The Morgan fingerprint density at radius 2 is 0.925 bits per heavy atom. The number of para-hydroxylation sites is 2. The quantitative estimate of drug-likeness (QED) is 0.0685. The number of aromatic nitrogens is 1. The van der Waals surface area contributed by atoms with E-state index >= 15 is 0 Å². The second-order valence-corrected chi connectivity index (χ2v) is 17.1. The van der Waals surface area contributed by atoms with Crippen molar-refractivity contribution in [3.8, 4) is 39.1 Å². The Balaban J connectivity index is 0.843. The summed E-state index contributed by atoms with van der Waals surface area (Å²) in [4.78, 5) is 4.91. The van der Waals surface area contributed by atoms with Crippen LogP contribution in [0.2, 0.25) is 0 Å². The zero-order chi connectivity index (χ0) is 44.7. The molecule has 0 unspecified atom stereocenters. The second-order valence-electron chi connectivity index (χ2n) is 17.1. The molecule has 3 heteroatoms. The number of hydrogen-bond acceptors (Lipinski definition) is 1. The van der Waals surface area contributed by atoms with Crippen LogP contribution in [-0.4, -0.2) is 16.1 Å². The molecule has 0 radical (unpaired) electrons. The fourth-order valence-electron chi connectivity index (χ4n) is 9.74. The van der Waals surface area contributed by atoms with Crippen LogP contribution in [0.15, 0.2) is 254 Å². The van der Waals surface area contributed by atoms with Crippen molar-refractivity contribution in [1.29, 1.82) is 5.41 Å². The van der Waals surface area contributed by atoms with Gasteiger partial charge in [-0.15, -0.1) is 0 Å². The van der Waals surface area contributed by atoms with Gasteiger partial charge in [0, 0.05) is 27.6 Å². The molecule has 0 amide bonds. The van der Waals surface area contributed by atoms with Gasteiger partial charge in [0.25, 0.3) is 0 Å². The number of fused-ring (bicyclic) bond motifs is 7. The van der Waals surface area contributed by atoms with Crippen LogP contribution in [0.25, 0.3) is 99.3 Å². The van der Waals surface area contributed by atoms with Gasteiger partial charge in [-0.3, -0.25) is 5.41 Å². The molecule has 1 N–H and O–H groups in total. The van der Waals surface area contributed by atoms with Gasteiger partial charge in [-0.1, -0.05) is 218 Å². The van der Waals surface area contributed by atoms with Gasteiger partial charge in [0.1, 0.15) is 0 Å². The molecule has 314 valence electrons. The molecular formula is C64H43N3. The van der Waals surface area contributed by atoms with E-state index in [0.717, 1.165) is 44.6 Å². The molecule has 0 aliphatic heterocycles. The summed E-state index contributed by atoms with van der Waals surface area (Å²) in [7, 11) is 0. The maximum Gasteiger partial charge on any atom is 0.152 e. The van der Waals surface area contributed by atoms with Crippen molar-refractivity contribution in [3.05, 3.63) is 265 Å². The van der Waals surface area contributed by atoms with Crippen molar-refractivity contribution < 1.29 is 0 Å². The van der Waals surface area contributed by atoms with Gasteiger partial charge in [0.05, 0.1) is 16.7 Å². The lowest BCUT2D eigenvalue weighted by molar-refractivity contribution is 1.18. The first kappa shape index (κ1) is 39.7. The average Bonchev–Trinajstić information content (AvgIpc) is 3.73. The Labute approximate surface area is 389 Å². The van der Waals surface area contributed by atoms with Gasteiger partial charge < -0.3 is 4.57 Å². The molecule has 0 atom stereocenters. The minimum absolute atomic E-state index is 0.215. The predicted molar refractivity (Wildman–Crippen MR) is 285 cm³/mol. The molecule has 0 bridgehead atoms. The van der Waals surface area contributed by atoms with Crippen molar-refractivity contribution in [2.45, 2.75) is 0 Å². The summed E-state index contributed by atoms with van der Waals surface area (Å²) in [5.41, 5.74) is 14.0. The largest absolute Gasteiger partial charge is 0.309 e. The van der Waals surface area contributed by atoms with E-state index in [9.17, 15) is 0 Å². The molecule has 1 aromatic heterocycles. The fraction of sp³-hybridized carbons (Fsp3) is 0. The average molecular weight is 854 g/mol. The maximum absolute atomic E-state index is 8.96. The molecule has 0 fully saturated rings. The van der Waals surface area contributed by atoms with E-state index in [-0.39, 0.29) is 5.84 Å². The summed E-state index contributed by atoms with van der Waals surface area (Å²) in [5, 5.41) is 19.0. The Hall–Kier alpha value is -8.92. The Bertz CT molecular complexity index is 3880. The van der Waals surface area contributed by atoms with E-state index in [1.165, 1.54) is 65.3 Å². The first-order chi connectivity index (χ1) is 33.1. The van der Waals surface area contributed by atoms with Crippen LogP contribution in [-0.2, 0) is 0 Å². The van der Waals surface area contributed by atoms with Crippen LogP contribution in [0.3, 0.4) is 0 Å². The third kappa shape index (κ3) is 7.39. The van der Waals surface area contributed by atoms with Gasteiger partial charge >= 0.3 is 0 Å². The maximum atomic E-state index is 8.96. The Morgan fingerprint density at radius 1 is 0.373 bits per heavy atom. The number of amidine groups is 1. The topological polar surface area (TPSA) is 41.1 Å². The van der Waals surface area contributed by atoms with Crippen LogP contribution < -0.4 is 0 Å². The van der Waals surface area contributed by atoms with Gasteiger partial charge in [0.15, 0.2) is 5.84 Å². The molecular weight excluding hydrogens is 811 g/mol. The van der Waals surface area contributed by atoms with E-state index in [1.807, 2.05) is 36.4 Å². The molecule has 3 nitrogen and oxygen atoms in total. The van der Waals surface area contributed by atoms with E-state index in [0.29, 0.717) is 5.71 Å². The molecule has 11 aromatic carbocycles. The normalized spacial score (nSPS) is 12.0. The number of nitrogens with one attached hydrogen (secondary N) is 1. The lowest BCUT2D eigenvalue weighted by Gasteiger charge is -2.14. The lowest BCUT2D eigenvalue weighted by Crippen LogP contribution is -2.03. The highest BCUT2D eigenvalue weighted by atomic mass is 15.0. The molecule has 0 saturated carbocycles. The zero-order valence-electron chi connectivity index (χ0n) is 36.6. The van der Waals surface area contributed by atoms with Crippen LogP contribution in [0, 0.1) is 5.41 Å². The van der Waals surface area contributed by atoms with E-state index in [1.54, 1.807) is 0 Å². The van der Waals surface area contributed by atoms with Gasteiger partial charge in [-0.25, -0.2) is 4.99 Å². The standard InChI is InChI=1S/C64H43N3/c65-64(50-14-3-1-4-15-50)66-60(48-32-28-46(29-33-48)51-37-38-57-56-21-11-12-22-61(56)67(62(57)42-51)53-17-5-2-6-18-53)40-25-43-23-26-44(27-24-43)45-30-34-49(35-31-45)63-55-20-10-8-16-52(55)41-59-54-19-9-7-13-47(54)36-39-58(59)63/h1-42,65H/b40-25+,65-64?,66-60?. The van der Waals surface area contributed by atoms with Crippen molar-refractivity contribution >= 4 is 71.7 Å². The summed E-state index contributed by atoms with van der Waals surface area (Å²) >= 11 is 0. The highest BCUT2D eigenvalue weighted by Crippen LogP contribution is 2.40. The summed E-state index contributed by atoms with van der Waals surface area (Å²) < 4.78 is 2.35. The Kier molecular flexibility index (Phi) is 10.00. The zero-order valence-corrected chi connectivity index (χ0v) is 36.6. The minimum atomic E-state index is 0.215. The SMILES string of the molecule is N=C(N=C(/C=C/c1ccc(-c2ccc(-c3c4ccccc4cc4c3ccc3ccccc34)cc2)cc1)c1ccc(-c2ccc3c4ccccc4n(-c4ccccc4)c3c2)cc1)c1ccccc1. The first-order valence-corrected chi connectivity index (χ1v) is 22.8. The molecule has 12 rings (SSSR count). The molecule has 12 aromatic rings. The van der Waals surface area contributed by atoms with Crippen molar-refractivity contribution in [1.82, 2.24) is 4.57 Å². The van der Waals surface area contributed by atoms with Crippen LogP contribution in [0.4, 0.5) is 0 Å². The molecule has 67 heavy (non-hydrogen) atoms.